The van der Waals surface area contributed by atoms with E-state index >= 15 is 0 Å². The van der Waals surface area contributed by atoms with E-state index in [0.29, 0.717) is 12.2 Å². The minimum atomic E-state index is -3.46. The van der Waals surface area contributed by atoms with Crippen molar-refractivity contribution in [2.24, 2.45) is 0 Å². The van der Waals surface area contributed by atoms with Crippen LogP contribution in [-0.2, 0) is 16.4 Å². The van der Waals surface area contributed by atoms with Crippen LogP contribution in [-0.4, -0.2) is 35.9 Å². The summed E-state index contributed by atoms with van der Waals surface area (Å²) in [5.74, 6) is 2.70. The molecule has 18 heavy (non-hydrogen) atoms. The molecule has 0 aliphatic rings. The Kier molecular flexibility index (Phi) is 6.17. The van der Waals surface area contributed by atoms with Crippen LogP contribution in [0.2, 0.25) is 0 Å². The fourth-order valence-corrected chi connectivity index (χ4v) is 3.48. The van der Waals surface area contributed by atoms with Gasteiger partial charge in [0.2, 0.25) is 0 Å². The van der Waals surface area contributed by atoms with Gasteiger partial charge in [-0.15, -0.1) is 0 Å². The highest BCUT2D eigenvalue weighted by atomic mass is 32.2. The number of aryl methyl sites for hydroxylation is 1. The molecule has 0 aliphatic heterocycles. The largest absolute Gasteiger partial charge is 0.332 e. The fourth-order valence-electron chi connectivity index (χ4n) is 1.45. The summed E-state index contributed by atoms with van der Waals surface area (Å²) in [6.45, 7) is 5.90. The molecule has 0 aliphatic carbocycles. The molecule has 1 atom stereocenters. The van der Waals surface area contributed by atoms with Gasteiger partial charge in [-0.2, -0.15) is 11.8 Å². The number of aromatic amines is 1. The Morgan fingerprint density at radius 3 is 2.78 bits per heavy atom. The van der Waals surface area contributed by atoms with Crippen LogP contribution >= 0.6 is 11.8 Å². The second-order valence-corrected chi connectivity index (χ2v) is 7.13. The third kappa shape index (κ3) is 4.62. The summed E-state index contributed by atoms with van der Waals surface area (Å²) >= 11 is 1.81. The van der Waals surface area contributed by atoms with E-state index in [1.54, 1.807) is 0 Å². The monoisotopic (exact) mass is 291 g/mol. The second kappa shape index (κ2) is 7.16. The zero-order valence-corrected chi connectivity index (χ0v) is 12.7. The average molecular weight is 291 g/mol. The number of hydrogen-bond donors (Lipinski definition) is 2. The molecule has 0 spiro atoms. The molecule has 0 aromatic carbocycles. The van der Waals surface area contributed by atoms with Gasteiger partial charge in [0.15, 0.2) is 5.03 Å². The molecule has 7 heteroatoms. The van der Waals surface area contributed by atoms with E-state index in [2.05, 4.69) is 21.6 Å². The molecule has 0 saturated heterocycles. The predicted octanol–water partition coefficient (Wildman–Crippen LogP) is 1.78. The third-order valence-electron chi connectivity index (χ3n) is 2.49. The van der Waals surface area contributed by atoms with E-state index in [9.17, 15) is 8.42 Å². The van der Waals surface area contributed by atoms with Gasteiger partial charge < -0.3 is 4.98 Å². The predicted molar refractivity (Wildman–Crippen MR) is 75.4 cm³/mol. The second-order valence-electron chi connectivity index (χ2n) is 4.06. The minimum absolute atomic E-state index is 0.0672. The molecule has 5 nitrogen and oxygen atoms in total. The van der Waals surface area contributed by atoms with Gasteiger partial charge in [0, 0.05) is 12.5 Å². The third-order valence-corrected chi connectivity index (χ3v) is 4.92. The lowest BCUT2D eigenvalue weighted by Gasteiger charge is -2.12. The van der Waals surface area contributed by atoms with Crippen molar-refractivity contribution in [3.8, 4) is 0 Å². The van der Waals surface area contributed by atoms with Crippen molar-refractivity contribution in [2.45, 2.75) is 44.7 Å². The topological polar surface area (TPSA) is 74.8 Å². The summed E-state index contributed by atoms with van der Waals surface area (Å²) in [5.41, 5.74) is 0. The summed E-state index contributed by atoms with van der Waals surface area (Å²) < 4.78 is 26.7. The standard InChI is InChI=1S/C11H21N3O2S2/c1-4-10-12-8-11(13-10)18(15,16)14-9(3)6-7-17-5-2/h8-9,14H,4-7H2,1-3H3,(H,12,13). The fraction of sp³-hybridized carbons (Fsp3) is 0.727. The highest BCUT2D eigenvalue weighted by Crippen LogP contribution is 2.09. The molecule has 1 rings (SSSR count). The first-order chi connectivity index (χ1) is 8.49. The van der Waals surface area contributed by atoms with Crippen LogP contribution in [0, 0.1) is 0 Å². The highest BCUT2D eigenvalue weighted by Gasteiger charge is 2.19. The zero-order valence-electron chi connectivity index (χ0n) is 11.1. The van der Waals surface area contributed by atoms with Crippen molar-refractivity contribution >= 4 is 21.8 Å². The van der Waals surface area contributed by atoms with Crippen LogP contribution < -0.4 is 4.72 Å². The normalized spacial score (nSPS) is 13.7. The van der Waals surface area contributed by atoms with E-state index < -0.39 is 10.0 Å². The van der Waals surface area contributed by atoms with Crippen LogP contribution in [0.1, 0.15) is 33.0 Å². The van der Waals surface area contributed by atoms with Crippen molar-refractivity contribution in [1.82, 2.24) is 14.7 Å². The van der Waals surface area contributed by atoms with Gasteiger partial charge in [-0.3, -0.25) is 0 Å². The Morgan fingerprint density at radius 2 is 2.22 bits per heavy atom. The smallest absolute Gasteiger partial charge is 0.257 e. The van der Waals surface area contributed by atoms with Gasteiger partial charge in [0.05, 0.1) is 6.20 Å². The lowest BCUT2D eigenvalue weighted by atomic mass is 10.3. The van der Waals surface area contributed by atoms with Crippen molar-refractivity contribution in [2.75, 3.05) is 11.5 Å². The lowest BCUT2D eigenvalue weighted by Crippen LogP contribution is -2.33. The molecular weight excluding hydrogens is 270 g/mol. The summed E-state index contributed by atoms with van der Waals surface area (Å²) in [6, 6.07) is -0.0672. The van der Waals surface area contributed by atoms with E-state index in [-0.39, 0.29) is 11.1 Å². The van der Waals surface area contributed by atoms with Gasteiger partial charge in [-0.25, -0.2) is 18.1 Å². The quantitative estimate of drug-likeness (QED) is 0.716. The summed E-state index contributed by atoms with van der Waals surface area (Å²) in [5, 5.41) is 0.148. The van der Waals surface area contributed by atoms with Crippen molar-refractivity contribution in [1.29, 1.82) is 0 Å². The Bertz CT molecular complexity index is 457. The Hall–Kier alpha value is -0.530. The summed E-state index contributed by atoms with van der Waals surface area (Å²) in [4.78, 5) is 6.81. The number of nitrogens with one attached hydrogen (secondary N) is 2. The maximum Gasteiger partial charge on any atom is 0.257 e. The van der Waals surface area contributed by atoms with Gasteiger partial charge in [0.1, 0.15) is 5.82 Å². The van der Waals surface area contributed by atoms with E-state index in [0.717, 1.165) is 17.9 Å². The number of nitrogens with zero attached hydrogens (tertiary/aromatic N) is 1. The molecule has 0 amide bonds. The van der Waals surface area contributed by atoms with Gasteiger partial charge >= 0.3 is 0 Å². The molecule has 0 radical (unpaired) electrons. The SMILES string of the molecule is CCSCCC(C)NS(=O)(=O)c1cnc(CC)[nH]1. The van der Waals surface area contributed by atoms with Crippen molar-refractivity contribution in [3.05, 3.63) is 12.0 Å². The maximum absolute atomic E-state index is 12.0. The maximum atomic E-state index is 12.0. The molecule has 2 N–H and O–H groups in total. The lowest BCUT2D eigenvalue weighted by molar-refractivity contribution is 0.554. The van der Waals surface area contributed by atoms with Crippen LogP contribution in [0.15, 0.2) is 11.2 Å². The molecule has 1 aromatic heterocycles. The number of imidazole rings is 1. The van der Waals surface area contributed by atoms with Crippen LogP contribution in [0.4, 0.5) is 0 Å². The number of thioether (sulfide) groups is 1. The van der Waals surface area contributed by atoms with Gasteiger partial charge in [0.25, 0.3) is 10.0 Å². The first kappa shape index (κ1) is 15.5. The van der Waals surface area contributed by atoms with Crippen LogP contribution in [0.25, 0.3) is 0 Å². The van der Waals surface area contributed by atoms with Crippen LogP contribution in [0.5, 0.6) is 0 Å². The average Bonchev–Trinajstić information content (AvgIpc) is 2.78. The Balaban J connectivity index is 2.58. The number of rotatable bonds is 8. The Morgan fingerprint density at radius 1 is 1.50 bits per heavy atom. The first-order valence-corrected chi connectivity index (χ1v) is 8.77. The van der Waals surface area contributed by atoms with Crippen LogP contribution in [0.3, 0.4) is 0 Å². The van der Waals surface area contributed by atoms with Gasteiger partial charge in [-0.05, 0) is 24.9 Å². The number of aromatic nitrogens is 2. The van der Waals surface area contributed by atoms with Gasteiger partial charge in [-0.1, -0.05) is 13.8 Å². The minimum Gasteiger partial charge on any atom is -0.332 e. The summed E-state index contributed by atoms with van der Waals surface area (Å²) in [7, 11) is -3.46. The highest BCUT2D eigenvalue weighted by molar-refractivity contribution is 7.99. The molecule has 0 saturated carbocycles. The molecule has 1 heterocycles. The molecule has 1 unspecified atom stereocenters. The first-order valence-electron chi connectivity index (χ1n) is 6.13. The molecule has 104 valence electrons. The molecular formula is C11H21N3O2S2. The zero-order chi connectivity index (χ0) is 13.6. The number of H-pyrrole nitrogens is 1. The summed E-state index contributed by atoms with van der Waals surface area (Å²) in [6.07, 6.45) is 2.89. The van der Waals surface area contributed by atoms with E-state index in [4.69, 9.17) is 0 Å². The number of hydrogen-bond acceptors (Lipinski definition) is 4. The van der Waals surface area contributed by atoms with Crippen molar-refractivity contribution < 1.29 is 8.42 Å². The number of sulfonamides is 1. The van der Waals surface area contributed by atoms with E-state index in [1.807, 2.05) is 25.6 Å². The Labute approximate surface area is 113 Å². The van der Waals surface area contributed by atoms with Crippen molar-refractivity contribution in [3.63, 3.8) is 0 Å². The molecule has 1 aromatic rings. The molecule has 0 fully saturated rings. The molecule has 0 bridgehead atoms. The van der Waals surface area contributed by atoms with E-state index in [1.165, 1.54) is 6.20 Å².